The van der Waals surface area contributed by atoms with Crippen molar-refractivity contribution in [3.05, 3.63) is 29.8 Å². The summed E-state index contributed by atoms with van der Waals surface area (Å²) < 4.78 is 0. The lowest BCUT2D eigenvalue weighted by Gasteiger charge is -2.32. The average molecular weight is 204 g/mol. The minimum atomic E-state index is 0.684. The van der Waals surface area contributed by atoms with Crippen LogP contribution >= 0.6 is 0 Å². The van der Waals surface area contributed by atoms with E-state index in [2.05, 4.69) is 24.1 Å². The van der Waals surface area contributed by atoms with E-state index in [0.29, 0.717) is 6.04 Å². The second-order valence-corrected chi connectivity index (χ2v) is 4.53. The fraction of sp³-hybridized carbons (Fsp3) is 0.538. The van der Waals surface area contributed by atoms with Gasteiger partial charge >= 0.3 is 0 Å². The van der Waals surface area contributed by atoms with Crippen LogP contribution in [-0.4, -0.2) is 24.5 Å². The predicted octanol–water partition coefficient (Wildman–Crippen LogP) is 2.30. The number of piperidine rings is 1. The summed E-state index contributed by atoms with van der Waals surface area (Å²) in [5.74, 6) is 0. The summed E-state index contributed by atoms with van der Waals surface area (Å²) in [6.07, 6.45) is 5.12. The van der Waals surface area contributed by atoms with Crippen molar-refractivity contribution < 1.29 is 0 Å². The van der Waals surface area contributed by atoms with Crippen molar-refractivity contribution in [1.82, 2.24) is 4.90 Å². The molecule has 2 heteroatoms. The first-order valence-corrected chi connectivity index (χ1v) is 5.81. The first kappa shape index (κ1) is 10.5. The molecule has 1 aromatic carbocycles. The third kappa shape index (κ3) is 2.51. The highest BCUT2D eigenvalue weighted by molar-refractivity contribution is 5.46. The molecule has 15 heavy (non-hydrogen) atoms. The maximum atomic E-state index is 5.96. The smallest absolute Gasteiger partial charge is 0.0347 e. The van der Waals surface area contributed by atoms with Crippen molar-refractivity contribution in [3.8, 4) is 0 Å². The second kappa shape index (κ2) is 4.67. The fourth-order valence-electron chi connectivity index (χ4n) is 2.38. The molecule has 2 rings (SSSR count). The molecule has 0 radical (unpaired) electrons. The van der Waals surface area contributed by atoms with E-state index in [0.717, 1.165) is 12.1 Å². The summed E-state index contributed by atoms with van der Waals surface area (Å²) in [7, 11) is 2.23. The van der Waals surface area contributed by atoms with Gasteiger partial charge in [0, 0.05) is 11.7 Å². The van der Waals surface area contributed by atoms with E-state index in [9.17, 15) is 0 Å². The molecule has 82 valence electrons. The van der Waals surface area contributed by atoms with E-state index in [4.69, 9.17) is 5.73 Å². The number of likely N-dealkylation sites (tertiary alicyclic amines) is 1. The molecule has 1 aromatic rings. The topological polar surface area (TPSA) is 29.3 Å². The SMILES string of the molecule is CN1CCCCC1Cc1ccccc1N. The third-order valence-electron chi connectivity index (χ3n) is 3.43. The number of hydrogen-bond acceptors (Lipinski definition) is 2. The summed E-state index contributed by atoms with van der Waals surface area (Å²) >= 11 is 0. The summed E-state index contributed by atoms with van der Waals surface area (Å²) in [5, 5.41) is 0. The molecular formula is C13H20N2. The highest BCUT2D eigenvalue weighted by Gasteiger charge is 2.19. The summed E-state index contributed by atoms with van der Waals surface area (Å²) in [4.78, 5) is 2.47. The number of anilines is 1. The molecule has 2 N–H and O–H groups in total. The summed E-state index contributed by atoms with van der Waals surface area (Å²) in [6, 6.07) is 8.91. The Bertz CT molecular complexity index is 322. The highest BCUT2D eigenvalue weighted by Crippen LogP contribution is 2.21. The van der Waals surface area contributed by atoms with Crippen LogP contribution in [0.2, 0.25) is 0 Å². The van der Waals surface area contributed by atoms with E-state index in [-0.39, 0.29) is 0 Å². The quantitative estimate of drug-likeness (QED) is 0.749. The van der Waals surface area contributed by atoms with Crippen molar-refractivity contribution >= 4 is 5.69 Å². The Kier molecular flexibility index (Phi) is 3.27. The van der Waals surface area contributed by atoms with Crippen LogP contribution in [0.1, 0.15) is 24.8 Å². The number of likely N-dealkylation sites (N-methyl/N-ethyl adjacent to an activating group) is 1. The maximum Gasteiger partial charge on any atom is 0.0347 e. The summed E-state index contributed by atoms with van der Waals surface area (Å²) in [5.41, 5.74) is 8.21. The Morgan fingerprint density at radius 3 is 2.87 bits per heavy atom. The van der Waals surface area contributed by atoms with Crippen molar-refractivity contribution in [2.24, 2.45) is 0 Å². The van der Waals surface area contributed by atoms with Gasteiger partial charge in [-0.15, -0.1) is 0 Å². The lowest BCUT2D eigenvalue weighted by molar-refractivity contribution is 0.185. The van der Waals surface area contributed by atoms with Crippen LogP contribution in [0.3, 0.4) is 0 Å². The third-order valence-corrected chi connectivity index (χ3v) is 3.43. The van der Waals surface area contributed by atoms with Gasteiger partial charge in [-0.1, -0.05) is 24.6 Å². The Balaban J connectivity index is 2.04. The summed E-state index contributed by atoms with van der Waals surface area (Å²) in [6.45, 7) is 1.23. The van der Waals surface area contributed by atoms with Gasteiger partial charge in [-0.05, 0) is 44.5 Å². The van der Waals surface area contributed by atoms with Gasteiger partial charge in [-0.2, -0.15) is 0 Å². The standard InChI is InChI=1S/C13H20N2/c1-15-9-5-4-7-12(15)10-11-6-2-3-8-13(11)14/h2-3,6,8,12H,4-5,7,9-10,14H2,1H3. The Morgan fingerprint density at radius 1 is 1.33 bits per heavy atom. The zero-order valence-corrected chi connectivity index (χ0v) is 9.45. The van der Waals surface area contributed by atoms with Crippen LogP contribution in [0, 0.1) is 0 Å². The monoisotopic (exact) mass is 204 g/mol. The van der Waals surface area contributed by atoms with Crippen molar-refractivity contribution in [1.29, 1.82) is 0 Å². The average Bonchev–Trinajstić information content (AvgIpc) is 2.24. The molecule has 0 saturated carbocycles. The maximum absolute atomic E-state index is 5.96. The van der Waals surface area contributed by atoms with Gasteiger partial charge in [0.25, 0.3) is 0 Å². The molecule has 0 aliphatic carbocycles. The molecule has 1 saturated heterocycles. The highest BCUT2D eigenvalue weighted by atomic mass is 15.1. The Hall–Kier alpha value is -1.02. The first-order chi connectivity index (χ1) is 7.27. The zero-order chi connectivity index (χ0) is 10.7. The van der Waals surface area contributed by atoms with E-state index in [1.54, 1.807) is 0 Å². The van der Waals surface area contributed by atoms with Crippen LogP contribution in [0.4, 0.5) is 5.69 Å². The van der Waals surface area contributed by atoms with Gasteiger partial charge in [0.05, 0.1) is 0 Å². The number of para-hydroxylation sites is 1. The second-order valence-electron chi connectivity index (χ2n) is 4.53. The van der Waals surface area contributed by atoms with Gasteiger partial charge in [0.2, 0.25) is 0 Å². The minimum Gasteiger partial charge on any atom is -0.399 e. The number of nitrogens with two attached hydrogens (primary N) is 1. The van der Waals surface area contributed by atoms with E-state index < -0.39 is 0 Å². The molecule has 0 amide bonds. The number of benzene rings is 1. The number of hydrogen-bond donors (Lipinski definition) is 1. The Labute approximate surface area is 92.1 Å². The fourth-order valence-corrected chi connectivity index (χ4v) is 2.38. The van der Waals surface area contributed by atoms with E-state index >= 15 is 0 Å². The number of nitrogens with zero attached hydrogens (tertiary/aromatic N) is 1. The molecule has 2 nitrogen and oxygen atoms in total. The van der Waals surface area contributed by atoms with E-state index in [1.807, 2.05) is 12.1 Å². The largest absolute Gasteiger partial charge is 0.399 e. The van der Waals surface area contributed by atoms with Gasteiger partial charge in [0.1, 0.15) is 0 Å². The van der Waals surface area contributed by atoms with Gasteiger partial charge in [-0.25, -0.2) is 0 Å². The van der Waals surface area contributed by atoms with Crippen LogP contribution in [0.5, 0.6) is 0 Å². The minimum absolute atomic E-state index is 0.684. The number of nitrogen functional groups attached to an aromatic ring is 1. The van der Waals surface area contributed by atoms with Crippen molar-refractivity contribution in [2.45, 2.75) is 31.7 Å². The lowest BCUT2D eigenvalue weighted by Crippen LogP contribution is -2.37. The predicted molar refractivity (Wildman–Crippen MR) is 64.8 cm³/mol. The van der Waals surface area contributed by atoms with Gasteiger partial charge < -0.3 is 10.6 Å². The van der Waals surface area contributed by atoms with Crippen LogP contribution < -0.4 is 5.73 Å². The molecule has 0 aromatic heterocycles. The molecule has 1 aliphatic rings. The molecule has 1 aliphatic heterocycles. The van der Waals surface area contributed by atoms with E-state index in [1.165, 1.54) is 31.4 Å². The molecule has 1 fully saturated rings. The van der Waals surface area contributed by atoms with Crippen LogP contribution in [0.15, 0.2) is 24.3 Å². The van der Waals surface area contributed by atoms with Crippen molar-refractivity contribution in [3.63, 3.8) is 0 Å². The Morgan fingerprint density at radius 2 is 2.13 bits per heavy atom. The zero-order valence-electron chi connectivity index (χ0n) is 9.45. The molecule has 0 spiro atoms. The molecule has 1 unspecified atom stereocenters. The van der Waals surface area contributed by atoms with Crippen LogP contribution in [0.25, 0.3) is 0 Å². The van der Waals surface area contributed by atoms with Crippen molar-refractivity contribution in [2.75, 3.05) is 19.3 Å². The lowest BCUT2D eigenvalue weighted by atomic mass is 9.95. The molecule has 1 heterocycles. The molecular weight excluding hydrogens is 184 g/mol. The number of rotatable bonds is 2. The van der Waals surface area contributed by atoms with Gasteiger partial charge in [0.15, 0.2) is 0 Å². The van der Waals surface area contributed by atoms with Gasteiger partial charge in [-0.3, -0.25) is 0 Å². The molecule has 1 atom stereocenters. The molecule has 0 bridgehead atoms. The van der Waals surface area contributed by atoms with Crippen LogP contribution in [-0.2, 0) is 6.42 Å². The normalized spacial score (nSPS) is 22.9. The first-order valence-electron chi connectivity index (χ1n) is 5.81.